The molecule has 0 aliphatic carbocycles. The molecule has 0 spiro atoms. The predicted octanol–water partition coefficient (Wildman–Crippen LogP) is 1.31. The van der Waals surface area contributed by atoms with Crippen LogP contribution >= 0.6 is 0 Å². The molecule has 2 N–H and O–H groups in total. The lowest BCUT2D eigenvalue weighted by Crippen LogP contribution is -2.39. The summed E-state index contributed by atoms with van der Waals surface area (Å²) in [7, 11) is 4.00. The van der Waals surface area contributed by atoms with E-state index in [4.69, 9.17) is 5.73 Å². The normalized spacial score (nSPS) is 15.3. The first-order chi connectivity index (χ1) is 11.5. The first kappa shape index (κ1) is 16.2. The quantitative estimate of drug-likeness (QED) is 0.911. The van der Waals surface area contributed by atoms with Gasteiger partial charge in [0.1, 0.15) is 6.33 Å². The van der Waals surface area contributed by atoms with Gasteiger partial charge in [-0.25, -0.2) is 9.97 Å². The first-order valence-electron chi connectivity index (χ1n) is 8.05. The molecular formula is C17H22N6O. The lowest BCUT2D eigenvalue weighted by Gasteiger charge is -2.30. The van der Waals surface area contributed by atoms with Crippen LogP contribution in [0, 0.1) is 5.92 Å². The summed E-state index contributed by atoms with van der Waals surface area (Å²) in [6.45, 7) is 1.46. The van der Waals surface area contributed by atoms with Crippen molar-refractivity contribution in [2.45, 2.75) is 12.8 Å². The van der Waals surface area contributed by atoms with E-state index in [9.17, 15) is 4.79 Å². The number of carbonyl (C=O) groups excluding carboxylic acids is 1. The standard InChI is InChI=1S/C17H22N6O/c1-22(2)14-5-3-4-13(10-14)16-19-11-20-17(21-16)23-8-6-12(7-9-23)15(18)24/h3-5,10-12H,6-9H2,1-2H3,(H2,18,24). The van der Waals surface area contributed by atoms with Crippen LogP contribution in [-0.2, 0) is 4.79 Å². The lowest BCUT2D eigenvalue weighted by molar-refractivity contribution is -0.122. The summed E-state index contributed by atoms with van der Waals surface area (Å²) < 4.78 is 0. The number of amides is 1. The molecule has 1 aliphatic rings. The zero-order valence-corrected chi connectivity index (χ0v) is 14.0. The van der Waals surface area contributed by atoms with Crippen LogP contribution in [0.25, 0.3) is 11.4 Å². The lowest BCUT2D eigenvalue weighted by atomic mass is 9.96. The molecule has 24 heavy (non-hydrogen) atoms. The van der Waals surface area contributed by atoms with E-state index >= 15 is 0 Å². The number of carbonyl (C=O) groups is 1. The highest BCUT2D eigenvalue weighted by atomic mass is 16.1. The molecule has 1 aromatic carbocycles. The summed E-state index contributed by atoms with van der Waals surface area (Å²) in [5, 5.41) is 0. The minimum atomic E-state index is -0.216. The predicted molar refractivity (Wildman–Crippen MR) is 93.7 cm³/mol. The SMILES string of the molecule is CN(C)c1cccc(-c2ncnc(N3CCC(C(N)=O)CC3)n2)c1. The van der Waals surface area contributed by atoms with Crippen molar-refractivity contribution in [3.05, 3.63) is 30.6 Å². The summed E-state index contributed by atoms with van der Waals surface area (Å²) in [6, 6.07) is 8.08. The first-order valence-corrected chi connectivity index (χ1v) is 8.05. The van der Waals surface area contributed by atoms with Gasteiger partial charge in [-0.15, -0.1) is 0 Å². The molecule has 0 saturated carbocycles. The smallest absolute Gasteiger partial charge is 0.228 e. The van der Waals surface area contributed by atoms with E-state index in [1.807, 2.05) is 37.2 Å². The van der Waals surface area contributed by atoms with Crippen LogP contribution in [0.2, 0.25) is 0 Å². The van der Waals surface area contributed by atoms with Gasteiger partial charge in [-0.05, 0) is 25.0 Å². The van der Waals surface area contributed by atoms with E-state index in [2.05, 4.69) is 25.9 Å². The molecule has 0 bridgehead atoms. The van der Waals surface area contributed by atoms with Crippen molar-refractivity contribution >= 4 is 17.5 Å². The Balaban J connectivity index is 1.80. The molecule has 1 fully saturated rings. The van der Waals surface area contributed by atoms with Gasteiger partial charge in [0.05, 0.1) is 0 Å². The largest absolute Gasteiger partial charge is 0.378 e. The molecular weight excluding hydrogens is 304 g/mol. The second-order valence-electron chi connectivity index (χ2n) is 6.22. The van der Waals surface area contributed by atoms with Gasteiger partial charge < -0.3 is 15.5 Å². The monoisotopic (exact) mass is 326 g/mol. The van der Waals surface area contributed by atoms with Gasteiger partial charge in [-0.1, -0.05) is 12.1 Å². The summed E-state index contributed by atoms with van der Waals surface area (Å²) in [4.78, 5) is 28.6. The number of rotatable bonds is 4. The van der Waals surface area contributed by atoms with E-state index in [1.54, 1.807) is 6.33 Å². The molecule has 7 heteroatoms. The molecule has 7 nitrogen and oxygen atoms in total. The fraction of sp³-hybridized carbons (Fsp3) is 0.412. The zero-order chi connectivity index (χ0) is 17.1. The van der Waals surface area contributed by atoms with Crippen LogP contribution in [0.4, 0.5) is 11.6 Å². The van der Waals surface area contributed by atoms with Gasteiger partial charge >= 0.3 is 0 Å². The van der Waals surface area contributed by atoms with E-state index < -0.39 is 0 Å². The number of benzene rings is 1. The number of primary amides is 1. The molecule has 1 aliphatic heterocycles. The van der Waals surface area contributed by atoms with Crippen molar-refractivity contribution in [3.8, 4) is 11.4 Å². The molecule has 126 valence electrons. The molecule has 2 heterocycles. The van der Waals surface area contributed by atoms with Crippen LogP contribution in [0.5, 0.6) is 0 Å². The Kier molecular flexibility index (Phi) is 4.59. The van der Waals surface area contributed by atoms with Gasteiger partial charge in [0.2, 0.25) is 11.9 Å². The van der Waals surface area contributed by atoms with Crippen molar-refractivity contribution in [3.63, 3.8) is 0 Å². The third kappa shape index (κ3) is 3.45. The van der Waals surface area contributed by atoms with Crippen LogP contribution in [0.3, 0.4) is 0 Å². The summed E-state index contributed by atoms with van der Waals surface area (Å²) in [6.07, 6.45) is 3.03. The minimum absolute atomic E-state index is 0.0423. The average Bonchev–Trinajstić information content (AvgIpc) is 2.62. The van der Waals surface area contributed by atoms with Crippen molar-refractivity contribution in [2.24, 2.45) is 11.7 Å². The third-order valence-corrected chi connectivity index (χ3v) is 4.36. The maximum absolute atomic E-state index is 11.3. The molecule has 3 rings (SSSR count). The van der Waals surface area contributed by atoms with Crippen LogP contribution in [0.15, 0.2) is 30.6 Å². The number of hydrogen-bond donors (Lipinski definition) is 1. The van der Waals surface area contributed by atoms with E-state index in [1.165, 1.54) is 0 Å². The molecule has 1 saturated heterocycles. The van der Waals surface area contributed by atoms with Crippen molar-refractivity contribution in [2.75, 3.05) is 37.0 Å². The van der Waals surface area contributed by atoms with Crippen LogP contribution in [-0.4, -0.2) is 48.0 Å². The Morgan fingerprint density at radius 3 is 2.67 bits per heavy atom. The fourth-order valence-corrected chi connectivity index (χ4v) is 2.87. The maximum atomic E-state index is 11.3. The number of nitrogens with zero attached hydrogens (tertiary/aromatic N) is 5. The average molecular weight is 326 g/mol. The van der Waals surface area contributed by atoms with Crippen LogP contribution in [0.1, 0.15) is 12.8 Å². The topological polar surface area (TPSA) is 88.2 Å². The van der Waals surface area contributed by atoms with E-state index in [0.717, 1.165) is 37.2 Å². The number of hydrogen-bond acceptors (Lipinski definition) is 6. The Morgan fingerprint density at radius 2 is 2.00 bits per heavy atom. The Hall–Kier alpha value is -2.70. The molecule has 1 amide bonds. The molecule has 0 radical (unpaired) electrons. The highest BCUT2D eigenvalue weighted by Crippen LogP contribution is 2.24. The highest BCUT2D eigenvalue weighted by Gasteiger charge is 2.24. The van der Waals surface area contributed by atoms with Gasteiger partial charge in [0.15, 0.2) is 5.82 Å². The van der Waals surface area contributed by atoms with Crippen molar-refractivity contribution < 1.29 is 4.79 Å². The minimum Gasteiger partial charge on any atom is -0.378 e. The summed E-state index contributed by atoms with van der Waals surface area (Å²) >= 11 is 0. The molecule has 0 atom stereocenters. The molecule has 1 aromatic heterocycles. The van der Waals surface area contributed by atoms with Crippen molar-refractivity contribution in [1.29, 1.82) is 0 Å². The van der Waals surface area contributed by atoms with Gasteiger partial charge in [0.25, 0.3) is 0 Å². The number of piperidine rings is 1. The Bertz CT molecular complexity index is 725. The number of anilines is 2. The molecule has 0 unspecified atom stereocenters. The van der Waals surface area contributed by atoms with Gasteiger partial charge in [0, 0.05) is 44.4 Å². The van der Waals surface area contributed by atoms with E-state index in [-0.39, 0.29) is 11.8 Å². The second-order valence-corrected chi connectivity index (χ2v) is 6.22. The summed E-state index contributed by atoms with van der Waals surface area (Å²) in [5.41, 5.74) is 7.44. The zero-order valence-electron chi connectivity index (χ0n) is 14.0. The van der Waals surface area contributed by atoms with E-state index in [0.29, 0.717) is 11.8 Å². The van der Waals surface area contributed by atoms with Gasteiger partial charge in [-0.3, -0.25) is 4.79 Å². The molecule has 2 aromatic rings. The maximum Gasteiger partial charge on any atom is 0.228 e. The van der Waals surface area contributed by atoms with Crippen molar-refractivity contribution in [1.82, 2.24) is 15.0 Å². The highest BCUT2D eigenvalue weighted by molar-refractivity contribution is 5.77. The van der Waals surface area contributed by atoms with Crippen LogP contribution < -0.4 is 15.5 Å². The fourth-order valence-electron chi connectivity index (χ4n) is 2.87. The second kappa shape index (κ2) is 6.82. The number of nitrogens with two attached hydrogens (primary N) is 1. The number of aromatic nitrogens is 3. The Morgan fingerprint density at radius 1 is 1.25 bits per heavy atom. The van der Waals surface area contributed by atoms with Gasteiger partial charge in [-0.2, -0.15) is 4.98 Å². The third-order valence-electron chi connectivity index (χ3n) is 4.36. The Labute approximate surface area is 141 Å². The summed E-state index contributed by atoms with van der Waals surface area (Å²) in [5.74, 6) is 1.05.